The first kappa shape index (κ1) is 20.4. The molecule has 0 aliphatic carbocycles. The fourth-order valence-electron chi connectivity index (χ4n) is 3.03. The average molecular weight is 386 g/mol. The summed E-state index contributed by atoms with van der Waals surface area (Å²) in [5.41, 5.74) is 6.65. The molecule has 0 bridgehead atoms. The van der Waals surface area contributed by atoms with Crippen LogP contribution in [0, 0.1) is 13.8 Å². The second kappa shape index (κ2) is 9.73. The lowest BCUT2D eigenvalue weighted by molar-refractivity contribution is 0.866. The molecule has 0 spiro atoms. The van der Waals surface area contributed by atoms with Crippen molar-refractivity contribution in [2.24, 2.45) is 20.5 Å². The Morgan fingerprint density at radius 3 is 1.83 bits per heavy atom. The maximum absolute atomic E-state index is 4.40. The van der Waals surface area contributed by atoms with Crippen LogP contribution in [0.3, 0.4) is 0 Å². The molecule has 148 valence electrons. The normalized spacial score (nSPS) is 11.4. The second-order valence-electron chi connectivity index (χ2n) is 6.85. The van der Waals surface area contributed by atoms with E-state index in [1.54, 1.807) is 0 Å². The minimum atomic E-state index is 0.799. The van der Waals surface area contributed by atoms with Crippen molar-refractivity contribution >= 4 is 28.4 Å². The summed E-state index contributed by atoms with van der Waals surface area (Å²) in [5.74, 6) is 0. The molecule has 0 atom stereocenters. The molecule has 0 saturated heterocycles. The van der Waals surface area contributed by atoms with Crippen LogP contribution in [0.1, 0.15) is 25.0 Å². The Balaban J connectivity index is 1.71. The van der Waals surface area contributed by atoms with Crippen molar-refractivity contribution in [2.45, 2.75) is 27.7 Å². The van der Waals surface area contributed by atoms with Crippen LogP contribution in [0.5, 0.6) is 0 Å². The van der Waals surface area contributed by atoms with Gasteiger partial charge in [0.05, 0.1) is 22.7 Å². The van der Waals surface area contributed by atoms with E-state index >= 15 is 0 Å². The third-order valence-electron chi connectivity index (χ3n) is 4.82. The van der Waals surface area contributed by atoms with Gasteiger partial charge in [0.2, 0.25) is 0 Å². The Labute approximate surface area is 172 Å². The number of hydrogen-bond acceptors (Lipinski definition) is 5. The first-order chi connectivity index (χ1) is 14.1. The fourth-order valence-corrected chi connectivity index (χ4v) is 3.03. The van der Waals surface area contributed by atoms with Crippen molar-refractivity contribution in [1.82, 2.24) is 0 Å². The molecule has 0 amide bonds. The van der Waals surface area contributed by atoms with Crippen molar-refractivity contribution in [3.05, 3.63) is 77.9 Å². The standard InChI is InChI=1S/C24H27N5/c1-5-29(6-2)22-14-11-20(12-15-22)25-28-24-16-13-21(17-19(24)4)26-27-23-10-8-7-9-18(23)3/h7-17H,5-6H2,1-4H3. The van der Waals surface area contributed by atoms with Gasteiger partial charge in [-0.1, -0.05) is 18.2 Å². The molecular weight excluding hydrogens is 358 g/mol. The summed E-state index contributed by atoms with van der Waals surface area (Å²) in [6.07, 6.45) is 0. The molecule has 3 rings (SSSR count). The highest BCUT2D eigenvalue weighted by Gasteiger charge is 2.02. The summed E-state index contributed by atoms with van der Waals surface area (Å²) in [4.78, 5) is 2.30. The van der Waals surface area contributed by atoms with Gasteiger partial charge in [0.1, 0.15) is 0 Å². The molecule has 5 nitrogen and oxygen atoms in total. The van der Waals surface area contributed by atoms with E-state index in [9.17, 15) is 0 Å². The van der Waals surface area contributed by atoms with Gasteiger partial charge in [0, 0.05) is 18.8 Å². The minimum absolute atomic E-state index is 0.799. The lowest BCUT2D eigenvalue weighted by Gasteiger charge is -2.20. The fraction of sp³-hybridized carbons (Fsp3) is 0.250. The molecule has 5 heteroatoms. The van der Waals surface area contributed by atoms with Crippen LogP contribution in [0.4, 0.5) is 28.4 Å². The molecule has 0 saturated carbocycles. The second-order valence-corrected chi connectivity index (χ2v) is 6.85. The SMILES string of the molecule is CCN(CC)c1ccc(N=Nc2ccc(N=Nc3ccccc3C)cc2C)cc1. The number of benzene rings is 3. The predicted octanol–water partition coefficient (Wildman–Crippen LogP) is 7.98. The highest BCUT2D eigenvalue weighted by molar-refractivity contribution is 5.55. The number of hydrogen-bond donors (Lipinski definition) is 0. The Kier molecular flexibility index (Phi) is 6.85. The Bertz CT molecular complexity index is 1000. The summed E-state index contributed by atoms with van der Waals surface area (Å²) in [6, 6.07) is 21.9. The van der Waals surface area contributed by atoms with E-state index in [4.69, 9.17) is 0 Å². The smallest absolute Gasteiger partial charge is 0.0887 e. The molecule has 0 fully saturated rings. The summed E-state index contributed by atoms with van der Waals surface area (Å²) in [6.45, 7) is 10.3. The van der Waals surface area contributed by atoms with E-state index in [2.05, 4.69) is 51.3 Å². The largest absolute Gasteiger partial charge is 0.372 e. The summed E-state index contributed by atoms with van der Waals surface area (Å²) >= 11 is 0. The highest BCUT2D eigenvalue weighted by atomic mass is 15.1. The molecule has 3 aromatic carbocycles. The van der Waals surface area contributed by atoms with Gasteiger partial charge < -0.3 is 4.90 Å². The molecule has 29 heavy (non-hydrogen) atoms. The van der Waals surface area contributed by atoms with Crippen molar-refractivity contribution < 1.29 is 0 Å². The molecule has 0 radical (unpaired) electrons. The van der Waals surface area contributed by atoms with Crippen LogP contribution < -0.4 is 4.90 Å². The van der Waals surface area contributed by atoms with Crippen LogP contribution in [-0.2, 0) is 0 Å². The van der Waals surface area contributed by atoms with E-state index < -0.39 is 0 Å². The van der Waals surface area contributed by atoms with Gasteiger partial charge in [-0.05, 0) is 87.4 Å². The molecule has 0 aliphatic rings. The summed E-state index contributed by atoms with van der Waals surface area (Å²) < 4.78 is 0. The van der Waals surface area contributed by atoms with E-state index in [0.717, 1.165) is 47.0 Å². The number of rotatable bonds is 7. The van der Waals surface area contributed by atoms with Gasteiger partial charge in [-0.15, -0.1) is 0 Å². The van der Waals surface area contributed by atoms with Crippen molar-refractivity contribution in [3.8, 4) is 0 Å². The molecule has 0 N–H and O–H groups in total. The van der Waals surface area contributed by atoms with Crippen LogP contribution in [-0.4, -0.2) is 13.1 Å². The van der Waals surface area contributed by atoms with Gasteiger partial charge in [-0.3, -0.25) is 0 Å². The van der Waals surface area contributed by atoms with E-state index in [-0.39, 0.29) is 0 Å². The van der Waals surface area contributed by atoms with Gasteiger partial charge in [-0.2, -0.15) is 20.5 Å². The van der Waals surface area contributed by atoms with Crippen LogP contribution >= 0.6 is 0 Å². The highest BCUT2D eigenvalue weighted by Crippen LogP contribution is 2.28. The molecule has 0 aliphatic heterocycles. The molecule has 0 heterocycles. The lowest BCUT2D eigenvalue weighted by atomic mass is 10.2. The third-order valence-corrected chi connectivity index (χ3v) is 4.82. The summed E-state index contributed by atoms with van der Waals surface area (Å²) in [5, 5.41) is 17.5. The zero-order valence-corrected chi connectivity index (χ0v) is 17.5. The average Bonchev–Trinajstić information content (AvgIpc) is 2.74. The topological polar surface area (TPSA) is 52.7 Å². The van der Waals surface area contributed by atoms with Crippen molar-refractivity contribution in [3.63, 3.8) is 0 Å². The Hall–Kier alpha value is -3.34. The van der Waals surface area contributed by atoms with Gasteiger partial charge in [0.25, 0.3) is 0 Å². The Morgan fingerprint density at radius 2 is 1.21 bits per heavy atom. The minimum Gasteiger partial charge on any atom is -0.372 e. The first-order valence-corrected chi connectivity index (χ1v) is 9.95. The maximum Gasteiger partial charge on any atom is 0.0887 e. The molecule has 3 aromatic rings. The molecule has 0 unspecified atom stereocenters. The zero-order valence-electron chi connectivity index (χ0n) is 17.5. The first-order valence-electron chi connectivity index (χ1n) is 9.95. The maximum atomic E-state index is 4.40. The van der Waals surface area contributed by atoms with Gasteiger partial charge >= 0.3 is 0 Å². The summed E-state index contributed by atoms with van der Waals surface area (Å²) in [7, 11) is 0. The Morgan fingerprint density at radius 1 is 0.621 bits per heavy atom. The monoisotopic (exact) mass is 385 g/mol. The van der Waals surface area contributed by atoms with E-state index in [1.807, 2.05) is 68.4 Å². The molecule has 0 aromatic heterocycles. The van der Waals surface area contributed by atoms with Crippen LogP contribution in [0.2, 0.25) is 0 Å². The number of nitrogens with zero attached hydrogens (tertiary/aromatic N) is 5. The van der Waals surface area contributed by atoms with E-state index in [0.29, 0.717) is 0 Å². The quantitative estimate of drug-likeness (QED) is 0.380. The number of aryl methyl sites for hydroxylation is 2. The van der Waals surface area contributed by atoms with Crippen molar-refractivity contribution in [1.29, 1.82) is 0 Å². The molecular formula is C24H27N5. The van der Waals surface area contributed by atoms with Gasteiger partial charge in [0.15, 0.2) is 0 Å². The number of azo groups is 2. The van der Waals surface area contributed by atoms with Gasteiger partial charge in [-0.25, -0.2) is 0 Å². The van der Waals surface area contributed by atoms with Crippen LogP contribution in [0.25, 0.3) is 0 Å². The predicted molar refractivity (Wildman–Crippen MR) is 121 cm³/mol. The van der Waals surface area contributed by atoms with E-state index in [1.165, 1.54) is 5.69 Å². The lowest BCUT2D eigenvalue weighted by Crippen LogP contribution is -2.21. The number of anilines is 1. The third kappa shape index (κ3) is 5.35. The van der Waals surface area contributed by atoms with Crippen LogP contribution in [0.15, 0.2) is 87.2 Å². The zero-order chi connectivity index (χ0) is 20.6. The van der Waals surface area contributed by atoms with Crippen molar-refractivity contribution in [2.75, 3.05) is 18.0 Å².